The highest BCUT2D eigenvalue weighted by Crippen LogP contribution is 2.40. The van der Waals surface area contributed by atoms with Crippen molar-refractivity contribution in [2.24, 2.45) is 0 Å². The SMILES string of the molecule is C#CC(C)(CCc1ccc2ccccc2c1)O[Si](C)(C)C(C)(C)C. The van der Waals surface area contributed by atoms with Crippen molar-refractivity contribution >= 4 is 19.1 Å². The van der Waals surface area contributed by atoms with E-state index in [0.29, 0.717) is 0 Å². The van der Waals surface area contributed by atoms with E-state index in [1.807, 2.05) is 0 Å². The highest BCUT2D eigenvalue weighted by atomic mass is 28.4. The molecule has 2 heteroatoms. The Morgan fingerprint density at radius 1 is 1.00 bits per heavy atom. The second-order valence-electron chi connectivity index (χ2n) is 8.42. The van der Waals surface area contributed by atoms with Crippen molar-refractivity contribution in [1.29, 1.82) is 0 Å². The summed E-state index contributed by atoms with van der Waals surface area (Å²) in [5, 5.41) is 2.72. The minimum atomic E-state index is -1.89. The summed E-state index contributed by atoms with van der Waals surface area (Å²) < 4.78 is 6.55. The molecular weight excluding hydrogens is 308 g/mol. The molecule has 0 heterocycles. The van der Waals surface area contributed by atoms with Crippen molar-refractivity contribution in [1.82, 2.24) is 0 Å². The molecule has 0 bridgehead atoms. The van der Waals surface area contributed by atoms with Crippen LogP contribution in [0.1, 0.15) is 39.7 Å². The first kappa shape index (κ1) is 18.8. The summed E-state index contributed by atoms with van der Waals surface area (Å²) in [7, 11) is -1.89. The molecule has 2 aromatic rings. The van der Waals surface area contributed by atoms with E-state index in [4.69, 9.17) is 10.8 Å². The van der Waals surface area contributed by atoms with E-state index < -0.39 is 13.9 Å². The molecule has 0 radical (unpaired) electrons. The third kappa shape index (κ3) is 4.29. The predicted molar refractivity (Wildman–Crippen MR) is 108 cm³/mol. The van der Waals surface area contributed by atoms with Crippen LogP contribution in [0, 0.1) is 12.3 Å². The van der Waals surface area contributed by atoms with Gasteiger partial charge >= 0.3 is 0 Å². The third-order valence-corrected chi connectivity index (χ3v) is 9.87. The minimum absolute atomic E-state index is 0.161. The van der Waals surface area contributed by atoms with Gasteiger partial charge in [0.05, 0.1) is 0 Å². The smallest absolute Gasteiger partial charge is 0.194 e. The molecule has 1 nitrogen and oxygen atoms in total. The van der Waals surface area contributed by atoms with Crippen molar-refractivity contribution in [2.75, 3.05) is 0 Å². The van der Waals surface area contributed by atoms with Gasteiger partial charge in [-0.05, 0) is 54.2 Å². The Kier molecular flexibility index (Phi) is 5.27. The molecule has 2 rings (SSSR count). The summed E-state index contributed by atoms with van der Waals surface area (Å²) in [6.07, 6.45) is 7.63. The van der Waals surface area contributed by atoms with Gasteiger partial charge in [0.15, 0.2) is 8.32 Å². The average Bonchev–Trinajstić information content (AvgIpc) is 2.51. The van der Waals surface area contributed by atoms with Crippen LogP contribution in [0.25, 0.3) is 10.8 Å². The van der Waals surface area contributed by atoms with Crippen molar-refractivity contribution in [3.05, 3.63) is 48.0 Å². The first-order valence-corrected chi connectivity index (χ1v) is 11.6. The number of rotatable bonds is 5. The molecular formula is C22H30OSi. The van der Waals surface area contributed by atoms with Crippen LogP contribution in [0.2, 0.25) is 18.1 Å². The molecule has 24 heavy (non-hydrogen) atoms. The number of hydrogen-bond donors (Lipinski definition) is 0. The van der Waals surface area contributed by atoms with Crippen LogP contribution in [-0.2, 0) is 10.8 Å². The number of fused-ring (bicyclic) bond motifs is 1. The largest absolute Gasteiger partial charge is 0.401 e. The molecule has 0 aromatic heterocycles. The van der Waals surface area contributed by atoms with Gasteiger partial charge in [-0.15, -0.1) is 6.42 Å². The van der Waals surface area contributed by atoms with Crippen LogP contribution >= 0.6 is 0 Å². The lowest BCUT2D eigenvalue weighted by molar-refractivity contribution is 0.122. The van der Waals surface area contributed by atoms with E-state index >= 15 is 0 Å². The maximum atomic E-state index is 6.55. The summed E-state index contributed by atoms with van der Waals surface area (Å²) in [5.41, 5.74) is 0.809. The van der Waals surface area contributed by atoms with Gasteiger partial charge in [0.25, 0.3) is 0 Å². The topological polar surface area (TPSA) is 9.23 Å². The van der Waals surface area contributed by atoms with Gasteiger partial charge in [0.1, 0.15) is 5.60 Å². The van der Waals surface area contributed by atoms with E-state index in [2.05, 4.69) is 89.2 Å². The van der Waals surface area contributed by atoms with Crippen LogP contribution in [0.15, 0.2) is 42.5 Å². The maximum absolute atomic E-state index is 6.55. The Labute approximate surface area is 148 Å². The van der Waals surface area contributed by atoms with Crippen molar-refractivity contribution < 1.29 is 4.43 Å². The Balaban J connectivity index is 2.13. The van der Waals surface area contributed by atoms with Gasteiger partial charge in [-0.1, -0.05) is 69.2 Å². The number of aryl methyl sites for hydroxylation is 1. The molecule has 1 atom stereocenters. The number of terminal acetylenes is 1. The quantitative estimate of drug-likeness (QED) is 0.467. The summed E-state index contributed by atoms with van der Waals surface area (Å²) >= 11 is 0. The second-order valence-corrected chi connectivity index (χ2v) is 13.1. The normalized spacial score (nSPS) is 15.0. The highest BCUT2D eigenvalue weighted by molar-refractivity contribution is 6.74. The summed E-state index contributed by atoms with van der Waals surface area (Å²) in [5.74, 6) is 2.93. The van der Waals surface area contributed by atoms with Crippen LogP contribution in [-0.4, -0.2) is 13.9 Å². The van der Waals surface area contributed by atoms with Crippen molar-refractivity contribution in [2.45, 2.75) is 64.3 Å². The Bertz CT molecular complexity index is 748. The van der Waals surface area contributed by atoms with E-state index in [0.717, 1.165) is 12.8 Å². The van der Waals surface area contributed by atoms with E-state index in [-0.39, 0.29) is 5.04 Å². The minimum Gasteiger partial charge on any atom is -0.401 e. The maximum Gasteiger partial charge on any atom is 0.194 e. The van der Waals surface area contributed by atoms with Gasteiger partial charge in [-0.25, -0.2) is 0 Å². The number of hydrogen-bond acceptors (Lipinski definition) is 1. The molecule has 0 spiro atoms. The van der Waals surface area contributed by atoms with Gasteiger partial charge < -0.3 is 4.43 Å². The van der Waals surface area contributed by atoms with Gasteiger partial charge in [-0.3, -0.25) is 0 Å². The second kappa shape index (κ2) is 6.74. The lowest BCUT2D eigenvalue weighted by atomic mass is 9.96. The zero-order valence-electron chi connectivity index (χ0n) is 15.9. The van der Waals surface area contributed by atoms with E-state index in [9.17, 15) is 0 Å². The monoisotopic (exact) mass is 338 g/mol. The third-order valence-electron chi connectivity index (χ3n) is 5.30. The highest BCUT2D eigenvalue weighted by Gasteiger charge is 2.42. The molecule has 0 N–H and O–H groups in total. The van der Waals surface area contributed by atoms with Crippen molar-refractivity contribution in [3.63, 3.8) is 0 Å². The Hall–Kier alpha value is -1.56. The van der Waals surface area contributed by atoms with Gasteiger partial charge in [-0.2, -0.15) is 0 Å². The van der Waals surface area contributed by atoms with Crippen LogP contribution < -0.4 is 0 Å². The lowest BCUT2D eigenvalue weighted by Crippen LogP contribution is -2.48. The molecule has 0 aliphatic heterocycles. The zero-order chi connectivity index (χ0) is 18.0. The molecule has 0 amide bonds. The first-order valence-electron chi connectivity index (χ1n) is 8.72. The lowest BCUT2D eigenvalue weighted by Gasteiger charge is -2.42. The van der Waals surface area contributed by atoms with Crippen LogP contribution in [0.4, 0.5) is 0 Å². The predicted octanol–water partition coefficient (Wildman–Crippen LogP) is 6.19. The average molecular weight is 339 g/mol. The Morgan fingerprint density at radius 3 is 2.21 bits per heavy atom. The standard InChI is InChI=1S/C22H30OSi/c1-8-22(5,23-24(6,7)21(2,3)4)16-15-18-13-14-19-11-9-10-12-20(19)17-18/h1,9-14,17H,15-16H2,2-7H3. The fourth-order valence-electron chi connectivity index (χ4n) is 2.65. The molecule has 1 unspecified atom stereocenters. The molecule has 2 aromatic carbocycles. The Morgan fingerprint density at radius 2 is 1.62 bits per heavy atom. The molecule has 0 aliphatic rings. The summed E-state index contributed by atoms with van der Waals surface area (Å²) in [4.78, 5) is 0. The van der Waals surface area contributed by atoms with E-state index in [1.165, 1.54) is 16.3 Å². The van der Waals surface area contributed by atoms with Crippen molar-refractivity contribution in [3.8, 4) is 12.3 Å². The summed E-state index contributed by atoms with van der Waals surface area (Å²) in [6, 6.07) is 15.1. The van der Waals surface area contributed by atoms with E-state index in [1.54, 1.807) is 0 Å². The molecule has 128 valence electrons. The first-order chi connectivity index (χ1) is 11.1. The molecule has 0 aliphatic carbocycles. The molecule has 0 saturated heterocycles. The fraction of sp³-hybridized carbons (Fsp3) is 0.455. The number of benzene rings is 2. The zero-order valence-corrected chi connectivity index (χ0v) is 16.9. The van der Waals surface area contributed by atoms with Gasteiger partial charge in [0, 0.05) is 0 Å². The summed E-state index contributed by atoms with van der Waals surface area (Å²) in [6.45, 7) is 13.3. The molecule has 0 saturated carbocycles. The van der Waals surface area contributed by atoms with Gasteiger partial charge in [0.2, 0.25) is 0 Å². The van der Waals surface area contributed by atoms with Crippen LogP contribution in [0.5, 0.6) is 0 Å². The van der Waals surface area contributed by atoms with Crippen LogP contribution in [0.3, 0.4) is 0 Å². The molecule has 0 fully saturated rings. The fourth-order valence-corrected chi connectivity index (χ4v) is 4.24.